The van der Waals surface area contributed by atoms with E-state index in [1.165, 1.54) is 42.5 Å². The van der Waals surface area contributed by atoms with Crippen LogP contribution in [0, 0.1) is 0 Å². The molecule has 0 heterocycles. The van der Waals surface area contributed by atoms with E-state index in [0.717, 1.165) is 0 Å². The summed E-state index contributed by atoms with van der Waals surface area (Å²) in [6.07, 6.45) is 0. The zero-order valence-electron chi connectivity index (χ0n) is 20.7. The summed E-state index contributed by atoms with van der Waals surface area (Å²) >= 11 is 0. The maximum absolute atomic E-state index is 13.0. The van der Waals surface area contributed by atoms with Gasteiger partial charge < -0.3 is 13.6 Å². The van der Waals surface area contributed by atoms with Gasteiger partial charge in [-0.15, -0.1) is 0 Å². The molecule has 0 saturated heterocycles. The van der Waals surface area contributed by atoms with Gasteiger partial charge in [-0.25, -0.2) is 16.8 Å². The molecule has 10 nitrogen and oxygen atoms in total. The van der Waals surface area contributed by atoms with Crippen LogP contribution in [0.2, 0.25) is 0 Å². The van der Waals surface area contributed by atoms with E-state index < -0.39 is 27.8 Å². The van der Waals surface area contributed by atoms with Crippen LogP contribution in [-0.4, -0.2) is 36.7 Å². The van der Waals surface area contributed by atoms with Crippen LogP contribution in [0.25, 0.3) is 0 Å². The molecule has 0 bridgehead atoms. The minimum atomic E-state index is -3.98. The largest absolute Gasteiger partial charge is 0.360 e. The molecule has 2 N–H and O–H groups in total. The highest BCUT2D eigenvalue weighted by Gasteiger charge is 2.25. The predicted octanol–water partition coefficient (Wildman–Crippen LogP) is 5.98. The van der Waals surface area contributed by atoms with E-state index in [-0.39, 0.29) is 46.7 Å². The first-order valence-electron chi connectivity index (χ1n) is 11.5. The summed E-state index contributed by atoms with van der Waals surface area (Å²) in [4.78, 5) is 0.123. The van der Waals surface area contributed by atoms with Crippen molar-refractivity contribution in [2.75, 3.05) is 29.3 Å². The molecule has 0 aliphatic heterocycles. The van der Waals surface area contributed by atoms with Crippen LogP contribution in [0.5, 0.6) is 0 Å². The number of nitrogens with zero attached hydrogens (tertiary/aromatic N) is 1. The zero-order chi connectivity index (χ0) is 26.9. The van der Waals surface area contributed by atoms with Crippen LogP contribution in [0.4, 0.5) is 17.1 Å². The third kappa shape index (κ3) is 7.64. The normalized spacial score (nSPS) is 12.2. The number of nitrogens with one attached hydrogen (secondary N) is 2. The lowest BCUT2D eigenvalue weighted by molar-refractivity contribution is 0.163. The Hall–Kier alpha value is -2.73. The van der Waals surface area contributed by atoms with Gasteiger partial charge in [-0.3, -0.25) is 9.44 Å². The van der Waals surface area contributed by atoms with E-state index >= 15 is 0 Å². The van der Waals surface area contributed by atoms with E-state index in [1.807, 2.05) is 0 Å². The molecule has 200 valence electrons. The topological polar surface area (TPSA) is 132 Å². The summed E-state index contributed by atoms with van der Waals surface area (Å²) in [5, 5.41) is 0. The van der Waals surface area contributed by atoms with Gasteiger partial charge in [0.15, 0.2) is 0 Å². The molecule has 0 atom stereocenters. The Bertz CT molecular complexity index is 1430. The molecule has 0 saturated carbocycles. The fourth-order valence-electron chi connectivity index (χ4n) is 3.20. The molecule has 13 heteroatoms. The van der Waals surface area contributed by atoms with Crippen molar-refractivity contribution in [3.05, 3.63) is 78.9 Å². The third-order valence-electron chi connectivity index (χ3n) is 4.71. The van der Waals surface area contributed by atoms with Gasteiger partial charge in [-0.05, 0) is 63.2 Å². The molecule has 0 fully saturated rings. The average molecular weight is 568 g/mol. The molecule has 0 radical (unpaired) electrons. The second-order valence-corrected chi connectivity index (χ2v) is 12.7. The van der Waals surface area contributed by atoms with Crippen molar-refractivity contribution in [2.45, 2.75) is 30.6 Å². The highest BCUT2D eigenvalue weighted by atomic mass is 32.2. The number of hydrogen-bond acceptors (Lipinski definition) is 8. The summed E-state index contributed by atoms with van der Waals surface area (Å²) in [6, 6.07) is 20.0. The van der Waals surface area contributed by atoms with Crippen molar-refractivity contribution in [2.24, 2.45) is 4.74 Å². The number of sulfonamides is 2. The van der Waals surface area contributed by atoms with Crippen LogP contribution in [-0.2, 0) is 33.6 Å². The first-order chi connectivity index (χ1) is 17.6. The standard InChI is InChI=1S/C24H30N3O7PS2/c1-4-32-35(33-5-2,34-6-3)25-24-19-20(26-36(28,29)21-13-9-7-10-14-21)17-18-23(24)27-37(30,31)22-15-11-8-12-16-22/h7-19,26-27H,4-6H2,1-3H3. The van der Waals surface area contributed by atoms with Crippen molar-refractivity contribution < 1.29 is 30.4 Å². The van der Waals surface area contributed by atoms with E-state index in [2.05, 4.69) is 14.2 Å². The van der Waals surface area contributed by atoms with Crippen LogP contribution < -0.4 is 9.44 Å². The Morgan fingerprint density at radius 1 is 0.676 bits per heavy atom. The minimum absolute atomic E-state index is 0.0512. The van der Waals surface area contributed by atoms with Gasteiger partial charge in [-0.1, -0.05) is 36.4 Å². The molecule has 37 heavy (non-hydrogen) atoms. The van der Waals surface area contributed by atoms with Crippen molar-refractivity contribution in [3.8, 4) is 0 Å². The fraction of sp³-hybridized carbons (Fsp3) is 0.250. The smallest absolute Gasteiger partial charge is 0.303 e. The molecule has 0 amide bonds. The molecule has 0 aliphatic carbocycles. The Balaban J connectivity index is 2.14. The maximum Gasteiger partial charge on any atom is 0.360 e. The van der Waals surface area contributed by atoms with Gasteiger partial charge in [0.05, 0.1) is 46.7 Å². The van der Waals surface area contributed by atoms with Crippen molar-refractivity contribution in [1.82, 2.24) is 0 Å². The van der Waals surface area contributed by atoms with E-state index in [9.17, 15) is 16.8 Å². The monoisotopic (exact) mass is 567 g/mol. The lowest BCUT2D eigenvalue weighted by atomic mass is 10.2. The first kappa shape index (κ1) is 28.8. The molecule has 0 spiro atoms. The highest BCUT2D eigenvalue weighted by molar-refractivity contribution is 7.93. The summed E-state index contributed by atoms with van der Waals surface area (Å²) in [7, 11) is -11.2. The Morgan fingerprint density at radius 2 is 1.14 bits per heavy atom. The molecule has 3 rings (SSSR count). The van der Waals surface area contributed by atoms with Gasteiger partial charge in [-0.2, -0.15) is 4.74 Å². The summed E-state index contributed by atoms with van der Waals surface area (Å²) in [6.45, 7) is 5.94. The van der Waals surface area contributed by atoms with Crippen LogP contribution in [0.15, 0.2) is 93.4 Å². The lowest BCUT2D eigenvalue weighted by Crippen LogP contribution is -2.14. The van der Waals surface area contributed by atoms with E-state index in [1.54, 1.807) is 57.2 Å². The summed E-state index contributed by atoms with van der Waals surface area (Å²) < 4.78 is 78.8. The van der Waals surface area contributed by atoms with E-state index in [4.69, 9.17) is 13.6 Å². The quantitative estimate of drug-likeness (QED) is 0.243. The highest BCUT2D eigenvalue weighted by Crippen LogP contribution is 2.56. The number of anilines is 2. The van der Waals surface area contributed by atoms with Crippen molar-refractivity contribution in [3.63, 3.8) is 0 Å². The van der Waals surface area contributed by atoms with Crippen LogP contribution in [0.1, 0.15) is 20.8 Å². The fourth-order valence-corrected chi connectivity index (χ4v) is 7.17. The molecule has 0 unspecified atom stereocenters. The maximum atomic E-state index is 13.0. The minimum Gasteiger partial charge on any atom is -0.303 e. The lowest BCUT2D eigenvalue weighted by Gasteiger charge is -2.23. The zero-order valence-corrected chi connectivity index (χ0v) is 23.2. The van der Waals surface area contributed by atoms with Crippen molar-refractivity contribution >= 4 is 44.8 Å². The third-order valence-corrected chi connectivity index (χ3v) is 9.70. The van der Waals surface area contributed by atoms with Crippen LogP contribution in [0.3, 0.4) is 0 Å². The summed E-state index contributed by atoms with van der Waals surface area (Å²) in [5.41, 5.74) is 0.333. The average Bonchev–Trinajstić information content (AvgIpc) is 2.87. The van der Waals surface area contributed by atoms with Gasteiger partial charge in [0.1, 0.15) is 0 Å². The predicted molar refractivity (Wildman–Crippen MR) is 145 cm³/mol. The van der Waals surface area contributed by atoms with Gasteiger partial charge >= 0.3 is 7.74 Å². The second-order valence-electron chi connectivity index (χ2n) is 7.39. The van der Waals surface area contributed by atoms with E-state index in [0.29, 0.717) is 0 Å². The molecular formula is C24H30N3O7PS2. The Kier molecular flexibility index (Phi) is 9.88. The first-order valence-corrected chi connectivity index (χ1v) is 16.0. The van der Waals surface area contributed by atoms with Crippen molar-refractivity contribution in [1.29, 1.82) is 0 Å². The van der Waals surface area contributed by atoms with Gasteiger partial charge in [0.2, 0.25) is 0 Å². The Labute approximate surface area is 218 Å². The van der Waals surface area contributed by atoms with Gasteiger partial charge in [0.25, 0.3) is 20.0 Å². The molecule has 0 aliphatic rings. The summed E-state index contributed by atoms with van der Waals surface area (Å²) in [5.74, 6) is 0. The molecule has 0 aromatic heterocycles. The SMILES string of the molecule is CCOP(=Nc1cc(NS(=O)(=O)c2ccccc2)ccc1NS(=O)(=O)c1ccccc1)(OCC)OCC. The number of rotatable bonds is 13. The molecule has 3 aromatic carbocycles. The molecular weight excluding hydrogens is 537 g/mol. The number of hydrogen-bond donors (Lipinski definition) is 2. The second kappa shape index (κ2) is 12.7. The Morgan fingerprint density at radius 3 is 1.59 bits per heavy atom. The molecule has 3 aromatic rings. The number of benzene rings is 3. The van der Waals surface area contributed by atoms with Crippen LogP contribution >= 0.6 is 7.74 Å². The van der Waals surface area contributed by atoms with Gasteiger partial charge in [0, 0.05) is 0 Å².